The Morgan fingerprint density at radius 2 is 1.31 bits per heavy atom. The van der Waals surface area contributed by atoms with Crippen molar-refractivity contribution in [1.29, 1.82) is 0 Å². The van der Waals surface area contributed by atoms with Crippen LogP contribution in [-0.2, 0) is 14.4 Å². The number of hydrogen-bond acceptors (Lipinski definition) is 4. The van der Waals surface area contributed by atoms with Crippen LogP contribution in [0.2, 0.25) is 5.02 Å². The monoisotopic (exact) mass is 593 g/mol. The lowest BCUT2D eigenvalue weighted by molar-refractivity contribution is 0.267. The first kappa shape index (κ1) is 24.8. The lowest BCUT2D eigenvalue weighted by Crippen LogP contribution is -2.44. The van der Waals surface area contributed by atoms with E-state index in [2.05, 4.69) is 20.8 Å². The van der Waals surface area contributed by atoms with Gasteiger partial charge in [0, 0.05) is 47.0 Å². The summed E-state index contributed by atoms with van der Waals surface area (Å²) >= 11 is 9.95. The Balaban J connectivity index is 1.71. The molecule has 184 valence electrons. The summed E-state index contributed by atoms with van der Waals surface area (Å²) in [4.78, 5) is 2.08. The largest absolute Gasteiger partial charge is 0.304 e. The first-order valence-electron chi connectivity index (χ1n) is 11.4. The van der Waals surface area contributed by atoms with Crippen LogP contribution in [0.5, 0.6) is 0 Å². The summed E-state index contributed by atoms with van der Waals surface area (Å²) in [5.41, 5.74) is 2.60. The van der Waals surface area contributed by atoms with Crippen molar-refractivity contribution in [2.45, 2.75) is 5.78 Å². The SMILES string of the molecule is O=P1(C(c2ccc(Cl)cc2Br)N2CCS(=O)(=O)CC2)N(c2ccccc2)CCN1c1ccccc1. The molecule has 0 saturated carbocycles. The highest BCUT2D eigenvalue weighted by molar-refractivity contribution is 9.10. The van der Waals surface area contributed by atoms with Gasteiger partial charge in [-0.3, -0.25) is 9.46 Å². The van der Waals surface area contributed by atoms with E-state index in [0.29, 0.717) is 31.2 Å². The predicted molar refractivity (Wildman–Crippen MR) is 147 cm³/mol. The molecule has 3 aromatic carbocycles. The van der Waals surface area contributed by atoms with Crippen LogP contribution in [-0.4, -0.2) is 51.0 Å². The zero-order chi connectivity index (χ0) is 24.6. The molecule has 0 aromatic heterocycles. The van der Waals surface area contributed by atoms with Crippen LogP contribution in [0.3, 0.4) is 0 Å². The molecule has 5 rings (SSSR count). The van der Waals surface area contributed by atoms with E-state index in [1.807, 2.05) is 82.1 Å². The maximum atomic E-state index is 15.7. The molecule has 2 heterocycles. The van der Waals surface area contributed by atoms with Crippen molar-refractivity contribution in [1.82, 2.24) is 4.90 Å². The van der Waals surface area contributed by atoms with Crippen LogP contribution in [0.4, 0.5) is 11.4 Å². The lowest BCUT2D eigenvalue weighted by atomic mass is 10.2. The summed E-state index contributed by atoms with van der Waals surface area (Å²) in [5, 5.41) is 0.574. The fourth-order valence-corrected chi connectivity index (χ4v) is 11.0. The molecule has 2 aliphatic rings. The lowest BCUT2D eigenvalue weighted by Gasteiger charge is -2.44. The van der Waals surface area contributed by atoms with Gasteiger partial charge in [0.25, 0.3) is 7.44 Å². The molecule has 1 unspecified atom stereocenters. The van der Waals surface area contributed by atoms with E-state index < -0.39 is 23.1 Å². The average Bonchev–Trinajstić information content (AvgIpc) is 3.20. The Labute approximate surface area is 220 Å². The second-order valence-corrected chi connectivity index (χ2v) is 15.0. The molecule has 6 nitrogen and oxygen atoms in total. The van der Waals surface area contributed by atoms with Gasteiger partial charge in [0.05, 0.1) is 11.5 Å². The summed E-state index contributed by atoms with van der Waals surface area (Å²) in [7, 11) is -6.51. The molecule has 0 radical (unpaired) electrons. The second kappa shape index (κ2) is 9.91. The minimum absolute atomic E-state index is 0.0470. The quantitative estimate of drug-likeness (QED) is 0.335. The molecule has 0 aliphatic carbocycles. The Morgan fingerprint density at radius 3 is 1.80 bits per heavy atom. The van der Waals surface area contributed by atoms with Gasteiger partial charge in [-0.1, -0.05) is 70.0 Å². The Morgan fingerprint density at radius 1 is 0.800 bits per heavy atom. The number of nitrogens with zero attached hydrogens (tertiary/aromatic N) is 3. The van der Waals surface area contributed by atoms with Crippen LogP contribution < -0.4 is 9.34 Å². The summed E-state index contributed by atoms with van der Waals surface area (Å²) in [6.07, 6.45) is 0. The highest BCUT2D eigenvalue weighted by Crippen LogP contribution is 2.70. The molecule has 2 fully saturated rings. The van der Waals surface area contributed by atoms with Crippen molar-refractivity contribution >= 4 is 56.2 Å². The van der Waals surface area contributed by atoms with Gasteiger partial charge >= 0.3 is 0 Å². The predicted octanol–water partition coefficient (Wildman–Crippen LogP) is 6.05. The maximum absolute atomic E-state index is 15.7. The van der Waals surface area contributed by atoms with Gasteiger partial charge in [-0.25, -0.2) is 8.42 Å². The Kier molecular flexibility index (Phi) is 7.03. The first-order chi connectivity index (χ1) is 16.8. The number of hydrogen-bond donors (Lipinski definition) is 0. The van der Waals surface area contributed by atoms with E-state index in [0.717, 1.165) is 21.4 Å². The van der Waals surface area contributed by atoms with Crippen molar-refractivity contribution < 1.29 is 13.0 Å². The van der Waals surface area contributed by atoms with Gasteiger partial charge in [-0.15, -0.1) is 0 Å². The smallest absolute Gasteiger partial charge is 0.284 e. The van der Waals surface area contributed by atoms with E-state index in [1.54, 1.807) is 6.07 Å². The van der Waals surface area contributed by atoms with Crippen LogP contribution in [0.1, 0.15) is 11.3 Å². The topological polar surface area (TPSA) is 60.9 Å². The van der Waals surface area contributed by atoms with Gasteiger partial charge in [0.15, 0.2) is 9.84 Å². The number of anilines is 2. The van der Waals surface area contributed by atoms with Gasteiger partial charge in [0.2, 0.25) is 0 Å². The zero-order valence-electron chi connectivity index (χ0n) is 19.0. The highest BCUT2D eigenvalue weighted by atomic mass is 79.9. The number of benzene rings is 3. The van der Waals surface area contributed by atoms with Crippen molar-refractivity contribution in [3.63, 3.8) is 0 Å². The van der Waals surface area contributed by atoms with Gasteiger partial charge in [-0.05, 0) is 42.0 Å². The molecule has 0 spiro atoms. The molecular formula is C25H26BrClN3O3PS. The van der Waals surface area contributed by atoms with Crippen molar-refractivity contribution in [2.75, 3.05) is 47.0 Å². The standard InChI is InChI=1S/C25H26BrClN3O3PS/c26-24-19-20(27)11-12-23(24)25(28-15-17-35(32,33)18-16-28)34(31)29(21-7-3-1-4-8-21)13-14-30(34)22-9-5-2-6-10-22/h1-12,19,25H,13-18H2. The van der Waals surface area contributed by atoms with Crippen molar-refractivity contribution in [3.8, 4) is 0 Å². The number of sulfone groups is 1. The van der Waals surface area contributed by atoms with E-state index in [4.69, 9.17) is 11.6 Å². The molecule has 0 N–H and O–H groups in total. The normalized spacial score (nSPS) is 20.6. The molecule has 2 saturated heterocycles. The average molecular weight is 595 g/mol. The second-order valence-electron chi connectivity index (χ2n) is 8.73. The van der Waals surface area contributed by atoms with E-state index in [1.165, 1.54) is 0 Å². The van der Waals surface area contributed by atoms with Gasteiger partial charge in [0.1, 0.15) is 5.78 Å². The van der Waals surface area contributed by atoms with Crippen LogP contribution in [0.15, 0.2) is 83.3 Å². The summed E-state index contributed by atoms with van der Waals surface area (Å²) in [6.45, 7) is 1.81. The minimum atomic E-state index is -3.39. The molecule has 2 aliphatic heterocycles. The molecule has 10 heteroatoms. The maximum Gasteiger partial charge on any atom is 0.284 e. The Hall–Kier alpha value is -1.83. The van der Waals surface area contributed by atoms with Crippen LogP contribution >= 0.6 is 35.0 Å². The molecule has 35 heavy (non-hydrogen) atoms. The number of para-hydroxylation sites is 2. The summed E-state index contributed by atoms with van der Waals surface area (Å²) in [5.74, 6) is -0.468. The van der Waals surface area contributed by atoms with Crippen molar-refractivity contribution in [2.24, 2.45) is 0 Å². The summed E-state index contributed by atoms with van der Waals surface area (Å²) in [6, 6.07) is 25.1. The minimum Gasteiger partial charge on any atom is -0.304 e. The molecule has 1 atom stereocenters. The number of halogens is 2. The highest BCUT2D eigenvalue weighted by Gasteiger charge is 2.53. The van der Waals surface area contributed by atoms with E-state index in [9.17, 15) is 8.42 Å². The third kappa shape index (κ3) is 4.79. The molecular weight excluding hydrogens is 569 g/mol. The molecule has 3 aromatic rings. The molecule has 0 amide bonds. The third-order valence-corrected chi connectivity index (χ3v) is 12.6. The Bertz CT molecular complexity index is 1300. The van der Waals surface area contributed by atoms with Gasteiger partial charge in [-0.2, -0.15) is 0 Å². The van der Waals surface area contributed by atoms with Gasteiger partial charge < -0.3 is 9.34 Å². The van der Waals surface area contributed by atoms with Crippen molar-refractivity contribution in [3.05, 3.63) is 93.9 Å². The van der Waals surface area contributed by atoms with Crippen LogP contribution in [0, 0.1) is 0 Å². The number of rotatable bonds is 5. The fraction of sp³-hybridized carbons (Fsp3) is 0.280. The molecule has 0 bridgehead atoms. The fourth-order valence-electron chi connectivity index (χ4n) is 4.93. The summed E-state index contributed by atoms with van der Waals surface area (Å²) < 4.78 is 45.1. The van der Waals surface area contributed by atoms with Crippen LogP contribution in [0.25, 0.3) is 0 Å². The third-order valence-electron chi connectivity index (χ3n) is 6.61. The first-order valence-corrected chi connectivity index (χ1v) is 16.1. The van der Waals surface area contributed by atoms with E-state index in [-0.39, 0.29) is 11.5 Å². The zero-order valence-corrected chi connectivity index (χ0v) is 23.1. The van der Waals surface area contributed by atoms with E-state index >= 15 is 4.57 Å².